The van der Waals surface area contributed by atoms with Crippen molar-refractivity contribution in [2.45, 2.75) is 89.3 Å². The molecule has 2 aliphatic carbocycles. The van der Waals surface area contributed by atoms with Crippen LogP contribution in [0.3, 0.4) is 0 Å². The molecule has 0 radical (unpaired) electrons. The van der Waals surface area contributed by atoms with E-state index in [1.165, 1.54) is 57.8 Å². The number of rotatable bonds is 2. The Labute approximate surface area is 129 Å². The van der Waals surface area contributed by atoms with Crippen LogP contribution in [0.25, 0.3) is 0 Å². The highest BCUT2D eigenvalue weighted by Gasteiger charge is 2.37. The Balaban J connectivity index is 1.57. The minimum atomic E-state index is 0.0894. The number of hydrogen-bond donors (Lipinski definition) is 1. The Morgan fingerprint density at radius 1 is 1.00 bits per heavy atom. The Kier molecular flexibility index (Phi) is 4.88. The van der Waals surface area contributed by atoms with Crippen LogP contribution in [0.1, 0.15) is 71.1 Å². The minimum absolute atomic E-state index is 0.0894. The largest absolute Gasteiger partial charge is 0.341 e. The fraction of sp³-hybridized carbons (Fsp3) is 0.944. The Morgan fingerprint density at radius 2 is 1.81 bits per heavy atom. The smallest absolute Gasteiger partial charge is 0.239 e. The molecule has 2 saturated carbocycles. The number of likely N-dealkylation sites (N-methyl/N-ethyl adjacent to an activating group) is 1. The van der Waals surface area contributed by atoms with Gasteiger partial charge in [-0.3, -0.25) is 4.79 Å². The van der Waals surface area contributed by atoms with Crippen molar-refractivity contribution < 1.29 is 4.79 Å². The third-order valence-electron chi connectivity index (χ3n) is 6.25. The maximum atomic E-state index is 12.8. The van der Waals surface area contributed by atoms with Crippen molar-refractivity contribution in [3.05, 3.63) is 0 Å². The lowest BCUT2D eigenvalue weighted by molar-refractivity contribution is -0.136. The molecular formula is C18H32N2O. The second-order valence-corrected chi connectivity index (χ2v) is 7.82. The van der Waals surface area contributed by atoms with Crippen molar-refractivity contribution in [1.29, 1.82) is 0 Å². The van der Waals surface area contributed by atoms with Crippen LogP contribution in [0.15, 0.2) is 0 Å². The van der Waals surface area contributed by atoms with Gasteiger partial charge in [0.05, 0.1) is 6.04 Å². The van der Waals surface area contributed by atoms with Crippen LogP contribution in [0.2, 0.25) is 0 Å². The topological polar surface area (TPSA) is 32.3 Å². The van der Waals surface area contributed by atoms with E-state index in [-0.39, 0.29) is 6.04 Å². The summed E-state index contributed by atoms with van der Waals surface area (Å²) in [7, 11) is 2.04. The molecule has 1 amide bonds. The SMILES string of the molecule is CC1CCCC(N(C)C(=O)C2CCC3CCCCC3N2)C1. The summed E-state index contributed by atoms with van der Waals surface area (Å²) in [5.74, 6) is 1.97. The first-order chi connectivity index (χ1) is 10.1. The van der Waals surface area contributed by atoms with Gasteiger partial charge in [0.25, 0.3) is 0 Å². The summed E-state index contributed by atoms with van der Waals surface area (Å²) < 4.78 is 0. The zero-order valence-electron chi connectivity index (χ0n) is 13.8. The number of nitrogens with zero attached hydrogens (tertiary/aromatic N) is 1. The molecule has 3 nitrogen and oxygen atoms in total. The van der Waals surface area contributed by atoms with Crippen LogP contribution in [0, 0.1) is 11.8 Å². The average Bonchev–Trinajstić information content (AvgIpc) is 2.53. The zero-order chi connectivity index (χ0) is 14.8. The first-order valence-electron chi connectivity index (χ1n) is 9.18. The van der Waals surface area contributed by atoms with Gasteiger partial charge in [-0.2, -0.15) is 0 Å². The number of hydrogen-bond acceptors (Lipinski definition) is 2. The fourth-order valence-corrected chi connectivity index (χ4v) is 4.87. The summed E-state index contributed by atoms with van der Waals surface area (Å²) >= 11 is 0. The standard InChI is InChI=1S/C18H32N2O/c1-13-6-5-8-15(12-13)20(2)18(21)17-11-10-14-7-3-4-9-16(14)19-17/h13-17,19H,3-12H2,1-2H3. The van der Waals surface area contributed by atoms with E-state index in [1.54, 1.807) is 0 Å². The summed E-state index contributed by atoms with van der Waals surface area (Å²) in [6.07, 6.45) is 12.7. The van der Waals surface area contributed by atoms with Gasteiger partial charge in [0.2, 0.25) is 5.91 Å². The maximum Gasteiger partial charge on any atom is 0.239 e. The lowest BCUT2D eigenvalue weighted by Gasteiger charge is -2.42. The van der Waals surface area contributed by atoms with Crippen LogP contribution >= 0.6 is 0 Å². The van der Waals surface area contributed by atoms with Gasteiger partial charge in [-0.15, -0.1) is 0 Å². The van der Waals surface area contributed by atoms with Gasteiger partial charge in [-0.1, -0.05) is 32.6 Å². The van der Waals surface area contributed by atoms with Gasteiger partial charge in [-0.25, -0.2) is 0 Å². The monoisotopic (exact) mass is 292 g/mol. The van der Waals surface area contributed by atoms with Crippen molar-refractivity contribution in [3.63, 3.8) is 0 Å². The van der Waals surface area contributed by atoms with E-state index in [9.17, 15) is 4.79 Å². The summed E-state index contributed by atoms with van der Waals surface area (Å²) in [6, 6.07) is 1.18. The average molecular weight is 292 g/mol. The van der Waals surface area contributed by atoms with Gasteiger partial charge < -0.3 is 10.2 Å². The van der Waals surface area contributed by atoms with E-state index < -0.39 is 0 Å². The molecule has 0 aromatic heterocycles. The molecule has 0 spiro atoms. The molecule has 3 fully saturated rings. The highest BCUT2D eigenvalue weighted by Crippen LogP contribution is 2.33. The maximum absolute atomic E-state index is 12.8. The van der Waals surface area contributed by atoms with Crippen molar-refractivity contribution in [2.24, 2.45) is 11.8 Å². The van der Waals surface area contributed by atoms with Gasteiger partial charge in [-0.05, 0) is 50.4 Å². The molecule has 3 rings (SSSR count). The predicted octanol–water partition coefficient (Wildman–Crippen LogP) is 3.33. The fourth-order valence-electron chi connectivity index (χ4n) is 4.87. The summed E-state index contributed by atoms with van der Waals surface area (Å²) in [5.41, 5.74) is 0. The Bertz CT molecular complexity index is 370. The molecule has 3 aliphatic rings. The number of amides is 1. The molecule has 5 atom stereocenters. The molecule has 120 valence electrons. The molecule has 21 heavy (non-hydrogen) atoms. The molecule has 0 aromatic rings. The summed E-state index contributed by atoms with van der Waals surface area (Å²) in [6.45, 7) is 2.33. The minimum Gasteiger partial charge on any atom is -0.341 e. The van der Waals surface area contributed by atoms with Crippen molar-refractivity contribution in [2.75, 3.05) is 7.05 Å². The third-order valence-corrected chi connectivity index (χ3v) is 6.25. The van der Waals surface area contributed by atoms with E-state index in [4.69, 9.17) is 0 Å². The zero-order valence-corrected chi connectivity index (χ0v) is 13.8. The Hall–Kier alpha value is -0.570. The molecule has 0 aromatic carbocycles. The normalized spacial score (nSPS) is 40.4. The van der Waals surface area contributed by atoms with E-state index in [0.717, 1.165) is 18.3 Å². The molecule has 0 bridgehead atoms. The van der Waals surface area contributed by atoms with Gasteiger partial charge in [0.1, 0.15) is 0 Å². The number of carbonyl (C=O) groups is 1. The molecule has 1 saturated heterocycles. The van der Waals surface area contributed by atoms with Gasteiger partial charge in [0, 0.05) is 19.1 Å². The quantitative estimate of drug-likeness (QED) is 0.846. The first-order valence-corrected chi connectivity index (χ1v) is 9.18. The number of carbonyl (C=O) groups excluding carboxylic acids is 1. The molecule has 5 unspecified atom stereocenters. The molecular weight excluding hydrogens is 260 g/mol. The lowest BCUT2D eigenvalue weighted by atomic mass is 9.77. The highest BCUT2D eigenvalue weighted by atomic mass is 16.2. The van der Waals surface area contributed by atoms with Crippen molar-refractivity contribution in [1.82, 2.24) is 10.2 Å². The summed E-state index contributed by atoms with van der Waals surface area (Å²) in [4.78, 5) is 14.9. The van der Waals surface area contributed by atoms with E-state index in [1.807, 2.05) is 7.05 Å². The second-order valence-electron chi connectivity index (χ2n) is 7.82. The van der Waals surface area contributed by atoms with E-state index >= 15 is 0 Å². The lowest BCUT2D eigenvalue weighted by Crippen LogP contribution is -2.56. The second kappa shape index (κ2) is 6.68. The van der Waals surface area contributed by atoms with E-state index in [2.05, 4.69) is 17.1 Å². The van der Waals surface area contributed by atoms with Crippen molar-refractivity contribution in [3.8, 4) is 0 Å². The Morgan fingerprint density at radius 3 is 2.62 bits per heavy atom. The van der Waals surface area contributed by atoms with Crippen molar-refractivity contribution >= 4 is 5.91 Å². The van der Waals surface area contributed by atoms with Gasteiger partial charge in [0.15, 0.2) is 0 Å². The highest BCUT2D eigenvalue weighted by molar-refractivity contribution is 5.82. The first kappa shape index (κ1) is 15.3. The van der Waals surface area contributed by atoms with Crippen LogP contribution in [-0.2, 0) is 4.79 Å². The van der Waals surface area contributed by atoms with Crippen LogP contribution < -0.4 is 5.32 Å². The molecule has 1 heterocycles. The van der Waals surface area contributed by atoms with Crippen LogP contribution in [0.4, 0.5) is 0 Å². The summed E-state index contributed by atoms with van der Waals surface area (Å²) in [5, 5.41) is 3.70. The number of nitrogens with one attached hydrogen (secondary N) is 1. The van der Waals surface area contributed by atoms with E-state index in [0.29, 0.717) is 18.0 Å². The van der Waals surface area contributed by atoms with Gasteiger partial charge >= 0.3 is 0 Å². The molecule has 3 heteroatoms. The predicted molar refractivity (Wildman–Crippen MR) is 86.1 cm³/mol. The molecule has 1 N–H and O–H groups in total. The third kappa shape index (κ3) is 3.44. The van der Waals surface area contributed by atoms with Crippen LogP contribution in [-0.4, -0.2) is 36.0 Å². The number of piperidine rings is 1. The molecule has 1 aliphatic heterocycles. The number of fused-ring (bicyclic) bond motifs is 1. The van der Waals surface area contributed by atoms with Crippen LogP contribution in [0.5, 0.6) is 0 Å².